The van der Waals surface area contributed by atoms with Crippen LogP contribution in [0.3, 0.4) is 0 Å². The Morgan fingerprint density at radius 2 is 2.27 bits per heavy atom. The summed E-state index contributed by atoms with van der Waals surface area (Å²) < 4.78 is 0. The monoisotopic (exact) mass is 208 g/mol. The molecule has 4 nitrogen and oxygen atoms in total. The lowest BCUT2D eigenvalue weighted by Crippen LogP contribution is -2.57. The average molecular weight is 208 g/mol. The average Bonchev–Trinajstić information content (AvgIpc) is 2.23. The number of hydrogen-bond donors (Lipinski definition) is 1. The molecule has 0 aromatic carbocycles. The van der Waals surface area contributed by atoms with Crippen molar-refractivity contribution in [1.82, 2.24) is 10.2 Å². The van der Waals surface area contributed by atoms with E-state index in [2.05, 4.69) is 17.2 Å². The molecule has 1 saturated heterocycles. The van der Waals surface area contributed by atoms with Crippen molar-refractivity contribution in [1.29, 1.82) is 0 Å². The van der Waals surface area contributed by atoms with Crippen LogP contribution in [0.5, 0.6) is 0 Å². The van der Waals surface area contributed by atoms with Crippen molar-refractivity contribution < 1.29 is 9.59 Å². The van der Waals surface area contributed by atoms with E-state index in [1.165, 1.54) is 0 Å². The molecule has 0 spiro atoms. The number of hydrogen-bond acceptors (Lipinski definition) is 2. The molecule has 0 saturated carbocycles. The van der Waals surface area contributed by atoms with Crippen LogP contribution < -0.4 is 5.32 Å². The van der Waals surface area contributed by atoms with Crippen LogP contribution in [0, 0.1) is 11.8 Å². The first-order valence-electron chi connectivity index (χ1n) is 5.16. The summed E-state index contributed by atoms with van der Waals surface area (Å²) in [7, 11) is 0. The maximum Gasteiger partial charge on any atom is 0.245 e. The van der Waals surface area contributed by atoms with E-state index in [4.69, 9.17) is 0 Å². The van der Waals surface area contributed by atoms with E-state index >= 15 is 0 Å². The van der Waals surface area contributed by atoms with E-state index in [0.717, 1.165) is 0 Å². The zero-order chi connectivity index (χ0) is 11.3. The Hall–Kier alpha value is -1.50. The Morgan fingerprint density at radius 3 is 2.87 bits per heavy atom. The van der Waals surface area contributed by atoms with Gasteiger partial charge in [-0.3, -0.25) is 9.59 Å². The standard InChI is InChI=1S/C11H16N2O2/c1-3-5-6-7-13-8-10(14)12-9(4-2)11(13)15/h9H,4,6-8H2,1-2H3,(H,12,14). The molecule has 4 heteroatoms. The number of nitrogens with one attached hydrogen (secondary N) is 1. The molecule has 0 aromatic heterocycles. The van der Waals surface area contributed by atoms with Crippen molar-refractivity contribution in [3.8, 4) is 11.8 Å². The Bertz CT molecular complexity index is 314. The van der Waals surface area contributed by atoms with Crippen molar-refractivity contribution in [2.24, 2.45) is 0 Å². The topological polar surface area (TPSA) is 49.4 Å². The summed E-state index contributed by atoms with van der Waals surface area (Å²) in [5.41, 5.74) is 0. The third-order valence-corrected chi connectivity index (χ3v) is 2.37. The number of nitrogens with zero attached hydrogens (tertiary/aromatic N) is 1. The van der Waals surface area contributed by atoms with Gasteiger partial charge in [-0.2, -0.15) is 0 Å². The van der Waals surface area contributed by atoms with Gasteiger partial charge in [-0.05, 0) is 13.3 Å². The molecule has 15 heavy (non-hydrogen) atoms. The second-order valence-corrected chi connectivity index (χ2v) is 3.46. The number of rotatable bonds is 3. The highest BCUT2D eigenvalue weighted by atomic mass is 16.2. The van der Waals surface area contributed by atoms with Gasteiger partial charge in [0.05, 0.1) is 6.54 Å². The third kappa shape index (κ3) is 2.98. The van der Waals surface area contributed by atoms with Gasteiger partial charge < -0.3 is 10.2 Å². The number of piperazine rings is 1. The minimum atomic E-state index is -0.346. The fraction of sp³-hybridized carbons (Fsp3) is 0.636. The minimum absolute atomic E-state index is 0.00926. The molecule has 0 bridgehead atoms. The Balaban J connectivity index is 2.56. The van der Waals surface area contributed by atoms with Gasteiger partial charge in [0.2, 0.25) is 11.8 Å². The molecule has 0 aliphatic carbocycles. The largest absolute Gasteiger partial charge is 0.343 e. The van der Waals surface area contributed by atoms with Gasteiger partial charge in [-0.1, -0.05) is 6.92 Å². The van der Waals surface area contributed by atoms with Gasteiger partial charge in [0, 0.05) is 13.0 Å². The summed E-state index contributed by atoms with van der Waals surface area (Å²) >= 11 is 0. The summed E-state index contributed by atoms with van der Waals surface area (Å²) in [6.45, 7) is 4.36. The lowest BCUT2D eigenvalue weighted by molar-refractivity contribution is -0.144. The lowest BCUT2D eigenvalue weighted by Gasteiger charge is -2.31. The molecule has 1 atom stereocenters. The second kappa shape index (κ2) is 5.40. The fourth-order valence-electron chi connectivity index (χ4n) is 1.56. The van der Waals surface area contributed by atoms with Gasteiger partial charge in [-0.25, -0.2) is 0 Å². The SMILES string of the molecule is CC#CCCN1CC(=O)NC(CC)C1=O. The Kier molecular flexibility index (Phi) is 4.17. The summed E-state index contributed by atoms with van der Waals surface area (Å²) in [6.07, 6.45) is 1.27. The Morgan fingerprint density at radius 1 is 1.53 bits per heavy atom. The molecule has 1 aliphatic heterocycles. The quantitative estimate of drug-likeness (QED) is 0.670. The van der Waals surface area contributed by atoms with Crippen LogP contribution in [0.4, 0.5) is 0 Å². The maximum absolute atomic E-state index is 11.8. The minimum Gasteiger partial charge on any atom is -0.343 e. The molecule has 82 valence electrons. The molecular formula is C11H16N2O2. The van der Waals surface area contributed by atoms with E-state index in [-0.39, 0.29) is 24.4 Å². The van der Waals surface area contributed by atoms with Crippen molar-refractivity contribution in [2.45, 2.75) is 32.7 Å². The van der Waals surface area contributed by atoms with E-state index in [1.807, 2.05) is 6.92 Å². The summed E-state index contributed by atoms with van der Waals surface area (Å²) in [5, 5.41) is 2.67. The molecule has 1 N–H and O–H groups in total. The van der Waals surface area contributed by atoms with Gasteiger partial charge in [-0.15, -0.1) is 11.8 Å². The predicted octanol–water partition coefficient (Wildman–Crippen LogP) is 0.137. The normalized spacial score (nSPS) is 20.7. The maximum atomic E-state index is 11.8. The van der Waals surface area contributed by atoms with Crippen molar-refractivity contribution in [3.05, 3.63) is 0 Å². The van der Waals surface area contributed by atoms with Crippen LogP contribution in [0.25, 0.3) is 0 Å². The van der Waals surface area contributed by atoms with Crippen molar-refractivity contribution in [3.63, 3.8) is 0 Å². The molecular weight excluding hydrogens is 192 g/mol. The molecule has 1 rings (SSSR count). The summed E-state index contributed by atoms with van der Waals surface area (Å²) in [4.78, 5) is 24.6. The summed E-state index contributed by atoms with van der Waals surface area (Å²) in [5.74, 6) is 5.59. The highest BCUT2D eigenvalue weighted by Crippen LogP contribution is 2.05. The molecule has 2 amide bonds. The second-order valence-electron chi connectivity index (χ2n) is 3.46. The van der Waals surface area contributed by atoms with Gasteiger partial charge in [0.1, 0.15) is 6.04 Å². The third-order valence-electron chi connectivity index (χ3n) is 2.37. The van der Waals surface area contributed by atoms with Crippen molar-refractivity contribution in [2.75, 3.05) is 13.1 Å². The highest BCUT2D eigenvalue weighted by Gasteiger charge is 2.30. The molecule has 0 aromatic rings. The van der Waals surface area contributed by atoms with E-state index in [1.54, 1.807) is 11.8 Å². The smallest absolute Gasteiger partial charge is 0.245 e. The molecule has 1 heterocycles. The number of carbonyl (C=O) groups excluding carboxylic acids is 2. The van der Waals surface area contributed by atoms with E-state index < -0.39 is 0 Å². The molecule has 0 radical (unpaired) electrons. The van der Waals surface area contributed by atoms with Crippen LogP contribution >= 0.6 is 0 Å². The predicted molar refractivity (Wildman–Crippen MR) is 56.9 cm³/mol. The zero-order valence-electron chi connectivity index (χ0n) is 9.17. The molecule has 1 unspecified atom stereocenters. The summed E-state index contributed by atoms with van der Waals surface area (Å²) in [6, 6.07) is -0.346. The van der Waals surface area contributed by atoms with Crippen LogP contribution in [0.1, 0.15) is 26.7 Å². The molecule has 1 aliphatic rings. The van der Waals surface area contributed by atoms with Crippen LogP contribution in [-0.4, -0.2) is 35.8 Å². The lowest BCUT2D eigenvalue weighted by atomic mass is 10.1. The first-order valence-corrected chi connectivity index (χ1v) is 5.16. The van der Waals surface area contributed by atoms with E-state index in [0.29, 0.717) is 19.4 Å². The van der Waals surface area contributed by atoms with Gasteiger partial charge in [0.15, 0.2) is 0 Å². The highest BCUT2D eigenvalue weighted by molar-refractivity contribution is 5.94. The van der Waals surface area contributed by atoms with Crippen molar-refractivity contribution >= 4 is 11.8 Å². The van der Waals surface area contributed by atoms with Crippen LogP contribution in [0.15, 0.2) is 0 Å². The number of carbonyl (C=O) groups is 2. The fourth-order valence-corrected chi connectivity index (χ4v) is 1.56. The molecule has 1 fully saturated rings. The first-order chi connectivity index (χ1) is 7.19. The van der Waals surface area contributed by atoms with Crippen LogP contribution in [-0.2, 0) is 9.59 Å². The van der Waals surface area contributed by atoms with Gasteiger partial charge in [0.25, 0.3) is 0 Å². The Labute approximate surface area is 90.0 Å². The first kappa shape index (κ1) is 11.6. The van der Waals surface area contributed by atoms with Crippen LogP contribution in [0.2, 0.25) is 0 Å². The zero-order valence-corrected chi connectivity index (χ0v) is 9.17. The number of amides is 2. The van der Waals surface area contributed by atoms with Gasteiger partial charge >= 0.3 is 0 Å². The van der Waals surface area contributed by atoms with E-state index in [9.17, 15) is 9.59 Å².